The Balaban J connectivity index is 1.74. The summed E-state index contributed by atoms with van der Waals surface area (Å²) in [7, 11) is 0. The number of para-hydroxylation sites is 1. The van der Waals surface area contributed by atoms with Gasteiger partial charge in [-0.3, -0.25) is 4.57 Å². The minimum atomic E-state index is -0.965. The molecule has 1 N–H and O–H groups in total. The van der Waals surface area contributed by atoms with Gasteiger partial charge >= 0.3 is 11.9 Å². The summed E-state index contributed by atoms with van der Waals surface area (Å²) >= 11 is 0. The number of hydrogen-bond donors (Lipinski definition) is 1. The Labute approximate surface area is 191 Å². The first kappa shape index (κ1) is 22.1. The second kappa shape index (κ2) is 9.56. The quantitative estimate of drug-likeness (QED) is 0.384. The summed E-state index contributed by atoms with van der Waals surface area (Å²) in [6.45, 7) is 4.78. The van der Waals surface area contributed by atoms with Crippen molar-refractivity contribution in [3.05, 3.63) is 83.4 Å². The van der Waals surface area contributed by atoms with E-state index in [0.717, 1.165) is 11.1 Å². The summed E-state index contributed by atoms with van der Waals surface area (Å²) < 4.78 is 12.9. The van der Waals surface area contributed by atoms with E-state index in [1.165, 1.54) is 0 Å². The van der Waals surface area contributed by atoms with Crippen molar-refractivity contribution < 1.29 is 24.2 Å². The number of rotatable bonds is 8. The van der Waals surface area contributed by atoms with Crippen LogP contribution < -0.4 is 4.74 Å². The number of hydrogen-bond acceptors (Lipinski definition) is 5. The van der Waals surface area contributed by atoms with Gasteiger partial charge in [0.1, 0.15) is 0 Å². The van der Waals surface area contributed by atoms with Gasteiger partial charge in [-0.05, 0) is 48.7 Å². The first-order valence-electron chi connectivity index (χ1n) is 10.7. The number of nitrogens with zero attached hydrogens (tertiary/aromatic N) is 2. The zero-order chi connectivity index (χ0) is 23.4. The molecule has 4 rings (SSSR count). The van der Waals surface area contributed by atoms with E-state index in [4.69, 9.17) is 9.47 Å². The number of fused-ring (bicyclic) bond motifs is 1. The number of aromatic carboxylic acids is 1. The Morgan fingerprint density at radius 2 is 1.64 bits per heavy atom. The third-order valence-electron chi connectivity index (χ3n) is 5.26. The van der Waals surface area contributed by atoms with E-state index >= 15 is 0 Å². The van der Waals surface area contributed by atoms with Crippen molar-refractivity contribution >= 4 is 23.0 Å². The maximum absolute atomic E-state index is 12.6. The molecule has 0 saturated heterocycles. The van der Waals surface area contributed by atoms with Crippen LogP contribution >= 0.6 is 0 Å². The van der Waals surface area contributed by atoms with Crippen LogP contribution in [-0.2, 0) is 11.3 Å². The molecule has 1 aromatic heterocycles. The van der Waals surface area contributed by atoms with Crippen LogP contribution in [-0.4, -0.2) is 39.8 Å². The fraction of sp³-hybridized carbons (Fsp3) is 0.192. The van der Waals surface area contributed by atoms with E-state index < -0.39 is 11.9 Å². The minimum Gasteiger partial charge on any atom is -0.478 e. The Morgan fingerprint density at radius 1 is 0.909 bits per heavy atom. The lowest BCUT2D eigenvalue weighted by Gasteiger charge is -2.12. The molecule has 0 aliphatic rings. The number of benzene rings is 3. The largest absolute Gasteiger partial charge is 0.478 e. The number of carboxylic acids is 1. The van der Waals surface area contributed by atoms with Crippen LogP contribution in [0.3, 0.4) is 0 Å². The molecule has 4 aromatic rings. The topological polar surface area (TPSA) is 90.7 Å². The van der Waals surface area contributed by atoms with Crippen molar-refractivity contribution in [1.82, 2.24) is 9.55 Å². The third kappa shape index (κ3) is 4.43. The van der Waals surface area contributed by atoms with Gasteiger partial charge in [0.25, 0.3) is 6.01 Å². The number of carbonyl (C=O) groups excluding carboxylic acids is 1. The SMILES string of the molecule is CCOC(=O)c1cccc2nc(OCC)n(Cc3ccc(-c4ccccc4C(=O)O)cc3)c12. The fourth-order valence-electron chi connectivity index (χ4n) is 3.82. The maximum Gasteiger partial charge on any atom is 0.340 e. The normalized spacial score (nSPS) is 10.8. The molecule has 0 radical (unpaired) electrons. The summed E-state index contributed by atoms with van der Waals surface area (Å²) in [5, 5.41) is 9.48. The number of carboxylic acid groups (broad SMARTS) is 1. The number of carbonyl (C=O) groups is 2. The summed E-state index contributed by atoms with van der Waals surface area (Å²) in [6.07, 6.45) is 0. The van der Waals surface area contributed by atoms with Gasteiger partial charge in [-0.1, -0.05) is 48.5 Å². The van der Waals surface area contributed by atoms with E-state index in [2.05, 4.69) is 4.98 Å². The van der Waals surface area contributed by atoms with Crippen molar-refractivity contribution in [3.8, 4) is 17.1 Å². The lowest BCUT2D eigenvalue weighted by atomic mass is 9.99. The molecule has 0 aliphatic carbocycles. The molecule has 0 amide bonds. The van der Waals surface area contributed by atoms with Crippen LogP contribution in [0.4, 0.5) is 0 Å². The third-order valence-corrected chi connectivity index (χ3v) is 5.26. The van der Waals surface area contributed by atoms with E-state index in [-0.39, 0.29) is 12.2 Å². The Bertz CT molecular complexity index is 1310. The second-order valence-electron chi connectivity index (χ2n) is 7.35. The van der Waals surface area contributed by atoms with Gasteiger partial charge in [-0.2, -0.15) is 4.98 Å². The highest BCUT2D eigenvalue weighted by Gasteiger charge is 2.20. The molecule has 7 heteroatoms. The van der Waals surface area contributed by atoms with Gasteiger partial charge in [0.15, 0.2) is 0 Å². The van der Waals surface area contributed by atoms with Crippen LogP contribution in [0.15, 0.2) is 66.7 Å². The van der Waals surface area contributed by atoms with Gasteiger partial charge in [0, 0.05) is 0 Å². The standard InChI is InChI=1S/C26H24N2O5/c1-3-32-25(31)21-10-7-11-22-23(21)28(26(27-22)33-4-2)16-17-12-14-18(15-13-17)19-8-5-6-9-20(19)24(29)30/h5-15H,3-4,16H2,1-2H3,(H,29,30). The summed E-state index contributed by atoms with van der Waals surface area (Å²) in [5.41, 5.74) is 4.40. The highest BCUT2D eigenvalue weighted by atomic mass is 16.5. The lowest BCUT2D eigenvalue weighted by molar-refractivity contribution is 0.0527. The average Bonchev–Trinajstić information content (AvgIpc) is 3.17. The molecular formula is C26H24N2O5. The van der Waals surface area contributed by atoms with Gasteiger partial charge < -0.3 is 14.6 Å². The number of imidazole rings is 1. The van der Waals surface area contributed by atoms with Gasteiger partial charge in [0.05, 0.1) is 41.9 Å². The van der Waals surface area contributed by atoms with Gasteiger partial charge in [-0.15, -0.1) is 0 Å². The second-order valence-corrected chi connectivity index (χ2v) is 7.35. The molecular weight excluding hydrogens is 420 g/mol. The zero-order valence-corrected chi connectivity index (χ0v) is 18.4. The summed E-state index contributed by atoms with van der Waals surface area (Å²) in [5.74, 6) is -1.37. The Morgan fingerprint density at radius 3 is 2.33 bits per heavy atom. The van der Waals surface area contributed by atoms with Crippen LogP contribution in [0.5, 0.6) is 6.01 Å². The Kier molecular flexibility index (Phi) is 6.40. The van der Waals surface area contributed by atoms with E-state index in [9.17, 15) is 14.7 Å². The highest BCUT2D eigenvalue weighted by Crippen LogP contribution is 2.28. The van der Waals surface area contributed by atoms with Crippen molar-refractivity contribution in [1.29, 1.82) is 0 Å². The van der Waals surface area contributed by atoms with E-state index in [1.54, 1.807) is 37.3 Å². The first-order valence-corrected chi connectivity index (χ1v) is 10.7. The highest BCUT2D eigenvalue weighted by molar-refractivity contribution is 6.02. The van der Waals surface area contributed by atoms with Crippen molar-refractivity contribution in [3.63, 3.8) is 0 Å². The fourth-order valence-corrected chi connectivity index (χ4v) is 3.82. The minimum absolute atomic E-state index is 0.253. The van der Waals surface area contributed by atoms with Crippen LogP contribution in [0.1, 0.15) is 40.1 Å². The van der Waals surface area contributed by atoms with E-state index in [0.29, 0.717) is 41.3 Å². The number of aromatic nitrogens is 2. The molecule has 3 aromatic carbocycles. The molecule has 0 spiro atoms. The molecule has 7 nitrogen and oxygen atoms in total. The molecule has 168 valence electrons. The molecule has 0 bridgehead atoms. The molecule has 0 aliphatic heterocycles. The molecule has 0 saturated carbocycles. The summed E-state index contributed by atoms with van der Waals surface area (Å²) in [4.78, 5) is 28.7. The smallest absolute Gasteiger partial charge is 0.340 e. The lowest BCUT2D eigenvalue weighted by Crippen LogP contribution is -2.10. The van der Waals surface area contributed by atoms with Gasteiger partial charge in [0.2, 0.25) is 0 Å². The molecule has 0 unspecified atom stereocenters. The predicted molar refractivity (Wildman–Crippen MR) is 125 cm³/mol. The monoisotopic (exact) mass is 444 g/mol. The number of esters is 1. The molecule has 33 heavy (non-hydrogen) atoms. The number of ether oxygens (including phenoxy) is 2. The predicted octanol–water partition coefficient (Wildman–Crippen LogP) is 5.03. The van der Waals surface area contributed by atoms with Gasteiger partial charge in [-0.25, -0.2) is 9.59 Å². The van der Waals surface area contributed by atoms with Crippen molar-refractivity contribution in [2.24, 2.45) is 0 Å². The molecule has 0 atom stereocenters. The van der Waals surface area contributed by atoms with E-state index in [1.807, 2.05) is 47.9 Å². The van der Waals surface area contributed by atoms with Crippen LogP contribution in [0.2, 0.25) is 0 Å². The van der Waals surface area contributed by atoms with Crippen LogP contribution in [0, 0.1) is 0 Å². The van der Waals surface area contributed by atoms with Crippen molar-refractivity contribution in [2.45, 2.75) is 20.4 Å². The molecule has 0 fully saturated rings. The Hall–Kier alpha value is -4.13. The summed E-state index contributed by atoms with van der Waals surface area (Å²) in [6, 6.07) is 20.3. The van der Waals surface area contributed by atoms with Crippen LogP contribution in [0.25, 0.3) is 22.2 Å². The van der Waals surface area contributed by atoms with Crippen molar-refractivity contribution in [2.75, 3.05) is 13.2 Å². The average molecular weight is 444 g/mol. The maximum atomic E-state index is 12.6. The zero-order valence-electron chi connectivity index (χ0n) is 18.4. The molecule has 1 heterocycles. The first-order chi connectivity index (χ1) is 16.0.